The van der Waals surface area contributed by atoms with Crippen molar-refractivity contribution in [3.63, 3.8) is 0 Å². The van der Waals surface area contributed by atoms with Gasteiger partial charge in [-0.2, -0.15) is 0 Å². The van der Waals surface area contributed by atoms with Crippen molar-refractivity contribution < 1.29 is 9.53 Å². The second-order valence-electron chi connectivity index (χ2n) is 3.87. The second kappa shape index (κ2) is 5.67. The quantitative estimate of drug-likeness (QED) is 0.777. The lowest BCUT2D eigenvalue weighted by atomic mass is 10.1. The molecule has 1 aromatic heterocycles. The molecule has 2 nitrogen and oxygen atoms in total. The van der Waals surface area contributed by atoms with E-state index in [2.05, 4.69) is 15.9 Å². The van der Waals surface area contributed by atoms with Crippen LogP contribution < -0.4 is 4.74 Å². The number of halogens is 1. The number of rotatable bonds is 4. The van der Waals surface area contributed by atoms with Crippen molar-refractivity contribution in [2.45, 2.75) is 13.8 Å². The summed E-state index contributed by atoms with van der Waals surface area (Å²) in [5.41, 5.74) is 1.68. The van der Waals surface area contributed by atoms with Crippen molar-refractivity contribution in [3.05, 3.63) is 50.1 Å². The molecule has 1 aromatic carbocycles. The van der Waals surface area contributed by atoms with E-state index in [1.54, 1.807) is 0 Å². The first-order valence-corrected chi connectivity index (χ1v) is 7.26. The summed E-state index contributed by atoms with van der Waals surface area (Å²) >= 11 is 4.81. The molecule has 94 valence electrons. The Morgan fingerprint density at radius 2 is 2.11 bits per heavy atom. The number of hydrogen-bond acceptors (Lipinski definition) is 3. The predicted octanol–water partition coefficient (Wildman–Crippen LogP) is 4.45. The van der Waals surface area contributed by atoms with Gasteiger partial charge >= 0.3 is 0 Å². The molecule has 0 amide bonds. The van der Waals surface area contributed by atoms with Gasteiger partial charge in [0.15, 0.2) is 0 Å². The van der Waals surface area contributed by atoms with Gasteiger partial charge in [-0.1, -0.05) is 11.6 Å². The smallest absolute Gasteiger partial charge is 0.206 e. The molecule has 0 radical (unpaired) electrons. The van der Waals surface area contributed by atoms with Crippen LogP contribution in [0.4, 0.5) is 0 Å². The van der Waals surface area contributed by atoms with Crippen molar-refractivity contribution in [1.82, 2.24) is 0 Å². The molecule has 1 heterocycles. The van der Waals surface area contributed by atoms with Crippen LogP contribution in [0.25, 0.3) is 0 Å². The third kappa shape index (κ3) is 2.82. The molecular formula is C14H13BrO2S. The maximum atomic E-state index is 12.4. The van der Waals surface area contributed by atoms with Crippen LogP contribution in [0, 0.1) is 6.92 Å². The first-order valence-electron chi connectivity index (χ1n) is 5.65. The van der Waals surface area contributed by atoms with Gasteiger partial charge in [0.1, 0.15) is 5.75 Å². The number of carbonyl (C=O) groups excluding carboxylic acids is 1. The fraction of sp³-hybridized carbons (Fsp3) is 0.214. The number of hydrogen-bond donors (Lipinski definition) is 0. The Morgan fingerprint density at radius 1 is 1.33 bits per heavy atom. The van der Waals surface area contributed by atoms with Crippen LogP contribution in [0.1, 0.15) is 27.7 Å². The van der Waals surface area contributed by atoms with Gasteiger partial charge in [0.25, 0.3) is 0 Å². The zero-order valence-electron chi connectivity index (χ0n) is 10.2. The van der Waals surface area contributed by atoms with Gasteiger partial charge in [-0.15, -0.1) is 11.3 Å². The topological polar surface area (TPSA) is 26.3 Å². The minimum atomic E-state index is 0.0119. The summed E-state index contributed by atoms with van der Waals surface area (Å²) in [7, 11) is 0. The Kier molecular flexibility index (Phi) is 4.19. The highest BCUT2D eigenvalue weighted by molar-refractivity contribution is 9.11. The molecule has 0 saturated heterocycles. The van der Waals surface area contributed by atoms with Gasteiger partial charge in [0.05, 0.1) is 20.8 Å². The largest absolute Gasteiger partial charge is 0.493 e. The Labute approximate surface area is 119 Å². The first kappa shape index (κ1) is 13.3. The van der Waals surface area contributed by atoms with Crippen LogP contribution in [0.15, 0.2) is 34.1 Å². The van der Waals surface area contributed by atoms with Crippen molar-refractivity contribution in [1.29, 1.82) is 0 Å². The lowest BCUT2D eigenvalue weighted by Crippen LogP contribution is -2.04. The zero-order chi connectivity index (χ0) is 13.1. The zero-order valence-corrected chi connectivity index (χ0v) is 12.6. The Hall–Kier alpha value is -1.13. The van der Waals surface area contributed by atoms with Gasteiger partial charge in [-0.05, 0) is 54.0 Å². The molecule has 0 bridgehead atoms. The highest BCUT2D eigenvalue weighted by atomic mass is 79.9. The van der Waals surface area contributed by atoms with Crippen LogP contribution in [0.3, 0.4) is 0 Å². The first-order chi connectivity index (χ1) is 8.61. The highest BCUT2D eigenvalue weighted by Gasteiger charge is 2.16. The standard InChI is InChI=1S/C14H13BrO2S/c1-3-17-11-5-4-9(2)8-10(11)14(16)12-6-7-13(15)18-12/h4-8H,3H2,1-2H3. The molecule has 2 aromatic rings. The molecule has 0 aliphatic carbocycles. The SMILES string of the molecule is CCOc1ccc(C)cc1C(=O)c1ccc(Br)s1. The molecule has 2 rings (SSSR count). The van der Waals surface area contributed by atoms with E-state index >= 15 is 0 Å². The van der Waals surface area contributed by atoms with Gasteiger partial charge in [0, 0.05) is 0 Å². The van der Waals surface area contributed by atoms with Gasteiger partial charge in [-0.3, -0.25) is 4.79 Å². The molecule has 0 unspecified atom stereocenters. The molecule has 18 heavy (non-hydrogen) atoms. The lowest BCUT2D eigenvalue weighted by Gasteiger charge is -2.09. The Morgan fingerprint density at radius 3 is 2.72 bits per heavy atom. The third-order valence-corrected chi connectivity index (χ3v) is 4.10. The summed E-state index contributed by atoms with van der Waals surface area (Å²) in [5, 5.41) is 0. The minimum absolute atomic E-state index is 0.0119. The highest BCUT2D eigenvalue weighted by Crippen LogP contribution is 2.28. The van der Waals surface area contributed by atoms with E-state index in [1.165, 1.54) is 11.3 Å². The molecular weight excluding hydrogens is 312 g/mol. The summed E-state index contributed by atoms with van der Waals surface area (Å²) in [4.78, 5) is 13.1. The number of benzene rings is 1. The Bertz CT molecular complexity index is 575. The molecule has 0 N–H and O–H groups in total. The normalized spacial score (nSPS) is 10.4. The van der Waals surface area contributed by atoms with Crippen LogP contribution in [0.5, 0.6) is 5.75 Å². The summed E-state index contributed by atoms with van der Waals surface area (Å²) in [6.07, 6.45) is 0. The average Bonchev–Trinajstić information content (AvgIpc) is 2.77. The van der Waals surface area contributed by atoms with E-state index in [0.717, 1.165) is 9.35 Å². The fourth-order valence-corrected chi connectivity index (χ4v) is 3.01. The lowest BCUT2D eigenvalue weighted by molar-refractivity contribution is 0.103. The van der Waals surface area contributed by atoms with Crippen LogP contribution in [-0.4, -0.2) is 12.4 Å². The number of thiophene rings is 1. The number of ether oxygens (including phenoxy) is 1. The van der Waals surface area contributed by atoms with Crippen molar-refractivity contribution in [2.24, 2.45) is 0 Å². The van der Waals surface area contributed by atoms with Crippen molar-refractivity contribution >= 4 is 33.0 Å². The second-order valence-corrected chi connectivity index (χ2v) is 6.33. The molecule has 0 aliphatic heterocycles. The van der Waals surface area contributed by atoms with E-state index in [-0.39, 0.29) is 5.78 Å². The van der Waals surface area contributed by atoms with Crippen molar-refractivity contribution in [3.8, 4) is 5.75 Å². The molecule has 0 atom stereocenters. The number of ketones is 1. The molecule has 4 heteroatoms. The van der Waals surface area contributed by atoms with E-state index in [0.29, 0.717) is 22.8 Å². The van der Waals surface area contributed by atoms with E-state index in [1.807, 2.05) is 44.2 Å². The minimum Gasteiger partial charge on any atom is -0.493 e. The summed E-state index contributed by atoms with van der Waals surface area (Å²) < 4.78 is 6.47. The van der Waals surface area contributed by atoms with Gasteiger partial charge < -0.3 is 4.74 Å². The molecule has 0 fully saturated rings. The number of aryl methyl sites for hydroxylation is 1. The van der Waals surface area contributed by atoms with E-state index < -0.39 is 0 Å². The summed E-state index contributed by atoms with van der Waals surface area (Å²) in [5.74, 6) is 0.662. The monoisotopic (exact) mass is 324 g/mol. The third-order valence-electron chi connectivity index (χ3n) is 2.48. The average molecular weight is 325 g/mol. The van der Waals surface area contributed by atoms with Gasteiger partial charge in [-0.25, -0.2) is 0 Å². The van der Waals surface area contributed by atoms with Crippen LogP contribution >= 0.6 is 27.3 Å². The summed E-state index contributed by atoms with van der Waals surface area (Å²) in [6.45, 7) is 4.43. The predicted molar refractivity (Wildman–Crippen MR) is 77.8 cm³/mol. The van der Waals surface area contributed by atoms with Gasteiger partial charge in [0.2, 0.25) is 5.78 Å². The van der Waals surface area contributed by atoms with E-state index in [9.17, 15) is 4.79 Å². The molecule has 0 spiro atoms. The number of carbonyl (C=O) groups is 1. The fourth-order valence-electron chi connectivity index (χ4n) is 1.67. The Balaban J connectivity index is 2.42. The van der Waals surface area contributed by atoms with E-state index in [4.69, 9.17) is 4.74 Å². The van der Waals surface area contributed by atoms with Crippen LogP contribution in [0.2, 0.25) is 0 Å². The molecule has 0 saturated carbocycles. The summed E-state index contributed by atoms with van der Waals surface area (Å²) in [6, 6.07) is 9.39. The van der Waals surface area contributed by atoms with Crippen molar-refractivity contribution in [2.75, 3.05) is 6.61 Å². The maximum absolute atomic E-state index is 12.4. The maximum Gasteiger partial charge on any atom is 0.206 e. The van der Waals surface area contributed by atoms with Crippen LogP contribution in [-0.2, 0) is 0 Å². The molecule has 0 aliphatic rings.